The summed E-state index contributed by atoms with van der Waals surface area (Å²) < 4.78 is 70.7. The van der Waals surface area contributed by atoms with Crippen molar-refractivity contribution < 1.29 is 26.9 Å². The minimum atomic E-state index is -2.75. The van der Waals surface area contributed by atoms with Crippen LogP contribution in [0.25, 0.3) is 16.3 Å². The molecule has 6 rings (SSSR count). The molecule has 8 nitrogen and oxygen atoms in total. The number of nitrogens with zero attached hydrogens (tertiary/aromatic N) is 5. The summed E-state index contributed by atoms with van der Waals surface area (Å²) >= 11 is 0.750. The van der Waals surface area contributed by atoms with Crippen molar-refractivity contribution in [1.82, 2.24) is 24.3 Å². The van der Waals surface area contributed by atoms with E-state index < -0.39 is 34.1 Å². The maximum Gasteiger partial charge on any atom is 0.291 e. The minimum absolute atomic E-state index is 0.0904. The Balaban J connectivity index is 1.37. The molecule has 2 aliphatic carbocycles. The van der Waals surface area contributed by atoms with Crippen molar-refractivity contribution in [1.29, 1.82) is 0 Å². The summed E-state index contributed by atoms with van der Waals surface area (Å²) in [6, 6.07) is 1.72. The molecule has 35 heavy (non-hydrogen) atoms. The summed E-state index contributed by atoms with van der Waals surface area (Å²) in [4.78, 5) is 6.88. The fourth-order valence-corrected chi connectivity index (χ4v) is 6.83. The van der Waals surface area contributed by atoms with Gasteiger partial charge in [-0.25, -0.2) is 31.5 Å². The lowest BCUT2D eigenvalue weighted by Gasteiger charge is -2.52. The van der Waals surface area contributed by atoms with E-state index in [9.17, 15) is 26.9 Å². The second-order valence-corrected chi connectivity index (χ2v) is 12.0. The summed E-state index contributed by atoms with van der Waals surface area (Å²) in [5.74, 6) is -2.59. The van der Waals surface area contributed by atoms with Gasteiger partial charge in [-0.15, -0.1) is 10.2 Å². The highest BCUT2D eigenvalue weighted by Crippen LogP contribution is 2.57. The van der Waals surface area contributed by atoms with Crippen LogP contribution in [0.15, 0.2) is 23.4 Å². The Bertz CT molecular complexity index is 1310. The average Bonchev–Trinajstić information content (AvgIpc) is 3.16. The molecule has 1 spiro atoms. The first-order valence-electron chi connectivity index (χ1n) is 11.2. The van der Waals surface area contributed by atoms with E-state index in [-0.39, 0.29) is 23.3 Å². The van der Waals surface area contributed by atoms with Gasteiger partial charge in [-0.05, 0) is 37.2 Å². The molecule has 4 heterocycles. The number of halogens is 4. The van der Waals surface area contributed by atoms with Gasteiger partial charge in [0.05, 0.1) is 16.8 Å². The normalized spacial score (nSPS) is 23.1. The largest absolute Gasteiger partial charge is 0.375 e. The van der Waals surface area contributed by atoms with Gasteiger partial charge in [-0.3, -0.25) is 4.40 Å². The molecule has 3 aromatic heterocycles. The van der Waals surface area contributed by atoms with Gasteiger partial charge in [0.2, 0.25) is 5.92 Å². The predicted octanol–water partition coefficient (Wildman–Crippen LogP) is 3.90. The Morgan fingerprint density at radius 3 is 2.46 bits per heavy atom. The van der Waals surface area contributed by atoms with E-state index in [0.717, 1.165) is 11.3 Å². The van der Waals surface area contributed by atoms with E-state index in [0.29, 0.717) is 60.7 Å². The molecule has 188 valence electrons. The molecule has 0 bridgehead atoms. The topological polar surface area (TPSA) is 95.7 Å². The smallest absolute Gasteiger partial charge is 0.291 e. The molecular formula is C21H22F4N6O2S2. The Hall–Kier alpha value is -2.16. The SMILES string of the molecule is O=S(NC1(O)CC1)c1cc(N2CCC3(CC2)CC(F)(F)C3)c2ncc(-c3nnc(C(F)F)s3)n2c1. The van der Waals surface area contributed by atoms with Crippen LogP contribution in [0, 0.1) is 5.41 Å². The summed E-state index contributed by atoms with van der Waals surface area (Å²) in [6.45, 7) is 1.07. The third-order valence-corrected chi connectivity index (χ3v) is 9.23. The molecule has 2 saturated carbocycles. The molecule has 0 radical (unpaired) electrons. The first-order chi connectivity index (χ1) is 16.6. The van der Waals surface area contributed by atoms with Crippen molar-refractivity contribution in [3.05, 3.63) is 23.5 Å². The van der Waals surface area contributed by atoms with Crippen LogP contribution in [0.1, 0.15) is 50.0 Å². The van der Waals surface area contributed by atoms with Crippen LogP contribution < -0.4 is 9.62 Å². The van der Waals surface area contributed by atoms with Crippen LogP contribution in [-0.4, -0.2) is 53.6 Å². The summed E-state index contributed by atoms with van der Waals surface area (Å²) in [5.41, 5.74) is 0.0742. The zero-order valence-electron chi connectivity index (χ0n) is 18.4. The molecule has 1 saturated heterocycles. The van der Waals surface area contributed by atoms with E-state index >= 15 is 0 Å². The summed E-state index contributed by atoms with van der Waals surface area (Å²) in [5, 5.41) is 17.4. The number of anilines is 1. The lowest BCUT2D eigenvalue weighted by atomic mass is 9.61. The Kier molecular flexibility index (Phi) is 5.26. The van der Waals surface area contributed by atoms with Crippen molar-refractivity contribution in [3.63, 3.8) is 0 Å². The van der Waals surface area contributed by atoms with Gasteiger partial charge in [0.1, 0.15) is 22.4 Å². The van der Waals surface area contributed by atoms with E-state index in [2.05, 4.69) is 19.9 Å². The average molecular weight is 531 g/mol. The third kappa shape index (κ3) is 4.23. The second kappa shape index (κ2) is 7.92. The zero-order chi connectivity index (χ0) is 24.6. The van der Waals surface area contributed by atoms with Gasteiger partial charge in [0, 0.05) is 32.1 Å². The van der Waals surface area contributed by atoms with Gasteiger partial charge < -0.3 is 10.0 Å². The van der Waals surface area contributed by atoms with Gasteiger partial charge in [0.25, 0.3) is 6.43 Å². The van der Waals surface area contributed by atoms with Crippen LogP contribution in [0.3, 0.4) is 0 Å². The van der Waals surface area contributed by atoms with Gasteiger partial charge in [-0.2, -0.15) is 0 Å². The predicted molar refractivity (Wildman–Crippen MR) is 121 cm³/mol. The standard InChI is InChI=1S/C21H22F4N6O2S2/c22-15(23)18-28-27-17(34-18)14-8-26-16-13(30-5-3-19(4-6-30)10-20(24,25)11-19)7-12(9-31(14)16)35(33)29-21(32)1-2-21/h7-9,15,29,32H,1-6,10-11H2. The maximum atomic E-state index is 13.5. The number of rotatable bonds is 6. The lowest BCUT2D eigenvalue weighted by molar-refractivity contribution is -0.168. The summed E-state index contributed by atoms with van der Waals surface area (Å²) in [6.07, 6.45) is 2.36. The highest BCUT2D eigenvalue weighted by atomic mass is 32.2. The van der Waals surface area contributed by atoms with Crippen molar-refractivity contribution in [3.8, 4) is 10.7 Å². The van der Waals surface area contributed by atoms with Crippen LogP contribution in [0.4, 0.5) is 23.2 Å². The number of fused-ring (bicyclic) bond motifs is 1. The van der Waals surface area contributed by atoms with Crippen LogP contribution in [0.5, 0.6) is 0 Å². The Labute approximate surface area is 204 Å². The first kappa shape index (κ1) is 23.3. The van der Waals surface area contributed by atoms with Crippen LogP contribution >= 0.6 is 11.3 Å². The van der Waals surface area contributed by atoms with Gasteiger partial charge in [-0.1, -0.05) is 11.3 Å². The number of piperidine rings is 1. The Morgan fingerprint density at radius 2 is 1.86 bits per heavy atom. The molecule has 3 aliphatic rings. The lowest BCUT2D eigenvalue weighted by Crippen LogP contribution is -2.52. The van der Waals surface area contributed by atoms with E-state index in [1.165, 1.54) is 6.20 Å². The maximum absolute atomic E-state index is 13.5. The van der Waals surface area contributed by atoms with Gasteiger partial charge >= 0.3 is 0 Å². The number of nitrogens with one attached hydrogen (secondary N) is 1. The fourth-order valence-electron chi connectivity index (χ4n) is 5.04. The number of alkyl halides is 4. The molecular weight excluding hydrogens is 508 g/mol. The molecule has 3 aromatic rings. The molecule has 2 N–H and O–H groups in total. The first-order valence-corrected chi connectivity index (χ1v) is 13.2. The van der Waals surface area contributed by atoms with E-state index in [1.54, 1.807) is 16.7 Å². The molecule has 14 heteroatoms. The molecule has 3 fully saturated rings. The number of imidazole rings is 1. The molecule has 0 amide bonds. The fraction of sp³-hybridized carbons (Fsp3) is 0.571. The van der Waals surface area contributed by atoms with Crippen molar-refractivity contribution in [2.75, 3.05) is 18.0 Å². The zero-order valence-corrected chi connectivity index (χ0v) is 20.0. The van der Waals surface area contributed by atoms with Crippen molar-refractivity contribution >= 4 is 33.7 Å². The molecule has 1 unspecified atom stereocenters. The van der Waals surface area contributed by atoms with Crippen LogP contribution in [0.2, 0.25) is 0 Å². The quantitative estimate of drug-likeness (QED) is 0.371. The van der Waals surface area contributed by atoms with Crippen LogP contribution in [-0.2, 0) is 11.0 Å². The third-order valence-electron chi connectivity index (χ3n) is 7.06. The molecule has 1 atom stereocenters. The number of hydrogen-bond acceptors (Lipinski definition) is 7. The Morgan fingerprint density at radius 1 is 1.14 bits per heavy atom. The highest BCUT2D eigenvalue weighted by Gasteiger charge is 2.56. The second-order valence-electron chi connectivity index (χ2n) is 9.74. The summed E-state index contributed by atoms with van der Waals surface area (Å²) in [7, 11) is -1.76. The number of pyridine rings is 1. The monoisotopic (exact) mass is 530 g/mol. The molecule has 0 aromatic carbocycles. The molecule has 1 aliphatic heterocycles. The number of aliphatic hydroxyl groups is 1. The van der Waals surface area contributed by atoms with Gasteiger partial charge in [0.15, 0.2) is 15.7 Å². The number of hydrogen-bond donors (Lipinski definition) is 2. The van der Waals surface area contributed by atoms with Crippen molar-refractivity contribution in [2.45, 2.75) is 61.5 Å². The van der Waals surface area contributed by atoms with E-state index in [1.807, 2.05) is 4.90 Å². The van der Waals surface area contributed by atoms with E-state index in [4.69, 9.17) is 0 Å². The number of aromatic nitrogens is 4. The minimum Gasteiger partial charge on any atom is -0.375 e. The highest BCUT2D eigenvalue weighted by molar-refractivity contribution is 7.83. The van der Waals surface area contributed by atoms with Crippen molar-refractivity contribution in [2.24, 2.45) is 5.41 Å².